The van der Waals surface area contributed by atoms with E-state index in [0.717, 1.165) is 18.7 Å². The molecule has 0 aliphatic carbocycles. The van der Waals surface area contributed by atoms with Crippen LogP contribution in [-0.4, -0.2) is 20.6 Å². The van der Waals surface area contributed by atoms with Gasteiger partial charge in [-0.1, -0.05) is 30.3 Å². The second kappa shape index (κ2) is 8.65. The van der Waals surface area contributed by atoms with Crippen LogP contribution in [0.5, 0.6) is 0 Å². The van der Waals surface area contributed by atoms with Gasteiger partial charge in [0.15, 0.2) is 0 Å². The molecule has 0 unspecified atom stereocenters. The minimum Gasteiger partial charge on any atom is -0.378 e. The molecule has 114 valence electrons. The van der Waals surface area contributed by atoms with Crippen LogP contribution < -0.4 is 10.2 Å². The predicted molar refractivity (Wildman–Crippen MR) is 89.8 cm³/mol. The van der Waals surface area contributed by atoms with Crippen molar-refractivity contribution in [2.75, 3.05) is 25.5 Å². The Morgan fingerprint density at radius 3 is 2.29 bits per heavy atom. The third kappa shape index (κ3) is 5.37. The fourth-order valence-corrected chi connectivity index (χ4v) is 2.07. The minimum absolute atomic E-state index is 0. The van der Waals surface area contributed by atoms with Crippen LogP contribution in [0.15, 0.2) is 48.5 Å². The second-order valence-electron chi connectivity index (χ2n) is 5.08. The predicted octanol–water partition coefficient (Wildman–Crippen LogP) is 3.65. The van der Waals surface area contributed by atoms with E-state index in [2.05, 4.69) is 34.5 Å². The molecule has 0 amide bonds. The Hall–Kier alpha value is -1.58. The molecule has 2 aromatic carbocycles. The second-order valence-corrected chi connectivity index (χ2v) is 5.08. The number of nitrogens with one attached hydrogen (secondary N) is 1. The number of benzene rings is 2. The number of anilines is 1. The van der Waals surface area contributed by atoms with Gasteiger partial charge in [0.2, 0.25) is 0 Å². The Kier molecular flexibility index (Phi) is 7.20. The first-order valence-electron chi connectivity index (χ1n) is 6.87. The SMILES string of the molecule is CN(C)c1ccc(CNCCc2ccccc2F)cc1.Cl. The Morgan fingerprint density at radius 2 is 1.67 bits per heavy atom. The Balaban J connectivity index is 0.00000220. The molecule has 0 aliphatic rings. The molecular weight excluding hydrogens is 287 g/mol. The van der Waals surface area contributed by atoms with Crippen molar-refractivity contribution in [3.8, 4) is 0 Å². The quantitative estimate of drug-likeness (QED) is 0.820. The van der Waals surface area contributed by atoms with Crippen LogP contribution in [-0.2, 0) is 13.0 Å². The number of halogens is 2. The molecule has 0 aliphatic heterocycles. The summed E-state index contributed by atoms with van der Waals surface area (Å²) in [5.41, 5.74) is 3.20. The lowest BCUT2D eigenvalue weighted by atomic mass is 10.1. The summed E-state index contributed by atoms with van der Waals surface area (Å²) < 4.78 is 13.4. The highest BCUT2D eigenvalue weighted by atomic mass is 35.5. The Labute approximate surface area is 132 Å². The van der Waals surface area contributed by atoms with E-state index < -0.39 is 0 Å². The maximum atomic E-state index is 13.4. The van der Waals surface area contributed by atoms with Crippen molar-refractivity contribution in [2.24, 2.45) is 0 Å². The average molecular weight is 309 g/mol. The molecular formula is C17H22ClFN2. The van der Waals surface area contributed by atoms with Crippen LogP contribution >= 0.6 is 12.4 Å². The monoisotopic (exact) mass is 308 g/mol. The highest BCUT2D eigenvalue weighted by Gasteiger charge is 2.00. The molecule has 2 nitrogen and oxygen atoms in total. The molecule has 2 rings (SSSR count). The molecule has 21 heavy (non-hydrogen) atoms. The maximum Gasteiger partial charge on any atom is 0.126 e. The number of hydrogen-bond donors (Lipinski definition) is 1. The van der Waals surface area contributed by atoms with Crippen LogP contribution in [0, 0.1) is 5.82 Å². The molecule has 0 saturated heterocycles. The van der Waals surface area contributed by atoms with E-state index in [9.17, 15) is 4.39 Å². The smallest absolute Gasteiger partial charge is 0.126 e. The van der Waals surface area contributed by atoms with E-state index in [-0.39, 0.29) is 18.2 Å². The van der Waals surface area contributed by atoms with Crippen molar-refractivity contribution in [1.82, 2.24) is 5.32 Å². The molecule has 0 saturated carbocycles. The first kappa shape index (κ1) is 17.5. The minimum atomic E-state index is -0.121. The van der Waals surface area contributed by atoms with Crippen molar-refractivity contribution < 1.29 is 4.39 Å². The summed E-state index contributed by atoms with van der Waals surface area (Å²) in [4.78, 5) is 2.08. The lowest BCUT2D eigenvalue weighted by Gasteiger charge is -2.13. The average Bonchev–Trinajstić information content (AvgIpc) is 2.46. The van der Waals surface area contributed by atoms with Crippen molar-refractivity contribution in [2.45, 2.75) is 13.0 Å². The molecule has 0 aromatic heterocycles. The number of hydrogen-bond acceptors (Lipinski definition) is 2. The Bertz CT molecular complexity index is 541. The Morgan fingerprint density at radius 1 is 1.00 bits per heavy atom. The van der Waals surface area contributed by atoms with Gasteiger partial charge in [-0.3, -0.25) is 0 Å². The standard InChI is InChI=1S/C17H21FN2.ClH/c1-20(2)16-9-7-14(8-10-16)13-19-12-11-15-5-3-4-6-17(15)18;/h3-10,19H,11-13H2,1-2H3;1H. The van der Waals surface area contributed by atoms with Gasteiger partial charge in [-0.2, -0.15) is 0 Å². The van der Waals surface area contributed by atoms with Crippen molar-refractivity contribution in [3.05, 3.63) is 65.5 Å². The van der Waals surface area contributed by atoms with E-state index in [0.29, 0.717) is 6.42 Å². The van der Waals surface area contributed by atoms with Crippen molar-refractivity contribution in [1.29, 1.82) is 0 Å². The molecule has 4 heteroatoms. The van der Waals surface area contributed by atoms with E-state index in [1.165, 1.54) is 17.3 Å². The van der Waals surface area contributed by atoms with Crippen molar-refractivity contribution >= 4 is 18.1 Å². The molecule has 0 spiro atoms. The number of rotatable bonds is 6. The first-order chi connectivity index (χ1) is 9.66. The third-order valence-electron chi connectivity index (χ3n) is 3.31. The molecule has 0 radical (unpaired) electrons. The summed E-state index contributed by atoms with van der Waals surface area (Å²) >= 11 is 0. The largest absolute Gasteiger partial charge is 0.378 e. The van der Waals surface area contributed by atoms with Gasteiger partial charge in [0.1, 0.15) is 5.82 Å². The fourth-order valence-electron chi connectivity index (χ4n) is 2.07. The summed E-state index contributed by atoms with van der Waals surface area (Å²) in [6.07, 6.45) is 0.711. The maximum absolute atomic E-state index is 13.4. The van der Waals surface area contributed by atoms with Gasteiger partial charge in [-0.25, -0.2) is 4.39 Å². The lowest BCUT2D eigenvalue weighted by molar-refractivity contribution is 0.598. The number of nitrogens with zero attached hydrogens (tertiary/aromatic N) is 1. The molecule has 0 fully saturated rings. The zero-order chi connectivity index (χ0) is 14.4. The molecule has 0 heterocycles. The third-order valence-corrected chi connectivity index (χ3v) is 3.31. The zero-order valence-electron chi connectivity index (χ0n) is 12.5. The van der Waals surface area contributed by atoms with Gasteiger partial charge >= 0.3 is 0 Å². The molecule has 1 N–H and O–H groups in total. The lowest BCUT2D eigenvalue weighted by Crippen LogP contribution is -2.17. The molecule has 0 bridgehead atoms. The van der Waals surface area contributed by atoms with Gasteiger partial charge in [0, 0.05) is 26.3 Å². The van der Waals surface area contributed by atoms with Gasteiger partial charge in [0.05, 0.1) is 0 Å². The van der Waals surface area contributed by atoms with Gasteiger partial charge < -0.3 is 10.2 Å². The summed E-state index contributed by atoms with van der Waals surface area (Å²) in [7, 11) is 4.06. The topological polar surface area (TPSA) is 15.3 Å². The van der Waals surface area contributed by atoms with Gasteiger partial charge in [-0.15, -0.1) is 12.4 Å². The highest BCUT2D eigenvalue weighted by Crippen LogP contribution is 2.12. The normalized spacial score (nSPS) is 10.0. The zero-order valence-corrected chi connectivity index (χ0v) is 13.3. The molecule has 2 aromatic rings. The van der Waals surface area contributed by atoms with Crippen LogP contribution in [0.3, 0.4) is 0 Å². The summed E-state index contributed by atoms with van der Waals surface area (Å²) in [5.74, 6) is -0.121. The van der Waals surface area contributed by atoms with Crippen LogP contribution in [0.4, 0.5) is 10.1 Å². The van der Waals surface area contributed by atoms with E-state index in [1.54, 1.807) is 6.07 Å². The van der Waals surface area contributed by atoms with E-state index >= 15 is 0 Å². The van der Waals surface area contributed by atoms with Crippen LogP contribution in [0.1, 0.15) is 11.1 Å². The summed E-state index contributed by atoms with van der Waals surface area (Å²) in [5, 5.41) is 3.35. The summed E-state index contributed by atoms with van der Waals surface area (Å²) in [6, 6.07) is 15.4. The first-order valence-corrected chi connectivity index (χ1v) is 6.87. The van der Waals surface area contributed by atoms with E-state index in [1.807, 2.05) is 26.2 Å². The highest BCUT2D eigenvalue weighted by molar-refractivity contribution is 5.85. The summed E-state index contributed by atoms with van der Waals surface area (Å²) in [6.45, 7) is 1.58. The van der Waals surface area contributed by atoms with Gasteiger partial charge in [-0.05, 0) is 42.3 Å². The fraction of sp³-hybridized carbons (Fsp3) is 0.294. The van der Waals surface area contributed by atoms with Crippen molar-refractivity contribution in [3.63, 3.8) is 0 Å². The van der Waals surface area contributed by atoms with Crippen LogP contribution in [0.2, 0.25) is 0 Å². The van der Waals surface area contributed by atoms with E-state index in [4.69, 9.17) is 0 Å². The van der Waals surface area contributed by atoms with Crippen LogP contribution in [0.25, 0.3) is 0 Å². The van der Waals surface area contributed by atoms with Gasteiger partial charge in [0.25, 0.3) is 0 Å². The molecule has 0 atom stereocenters.